The molecule has 1 aromatic carbocycles. The first kappa shape index (κ1) is 16.0. The van der Waals surface area contributed by atoms with Gasteiger partial charge >= 0.3 is 6.30 Å². The Morgan fingerprint density at radius 1 is 1.35 bits per heavy atom. The second kappa shape index (κ2) is 5.64. The van der Waals surface area contributed by atoms with E-state index in [4.69, 9.17) is 11.6 Å². The molecule has 2 heterocycles. The van der Waals surface area contributed by atoms with Crippen molar-refractivity contribution in [3.05, 3.63) is 41.1 Å². The standard InChI is InChI=1S/C13H9ClF4N4S/c1-6-2-3-7-9(5-19-11(7)10(6)15)23-21-8-4-20-22(12(8)14)13(16,17)18/h2-5,19,21H,1H3. The molecule has 0 saturated heterocycles. The summed E-state index contributed by atoms with van der Waals surface area (Å²) in [5.74, 6) is -0.364. The number of benzene rings is 1. The topological polar surface area (TPSA) is 45.6 Å². The lowest BCUT2D eigenvalue weighted by molar-refractivity contribution is -0.212. The molecule has 122 valence electrons. The highest BCUT2D eigenvalue weighted by atomic mass is 35.5. The fourth-order valence-electron chi connectivity index (χ4n) is 2.02. The monoisotopic (exact) mass is 364 g/mol. The zero-order valence-electron chi connectivity index (χ0n) is 11.5. The number of fused-ring (bicyclic) bond motifs is 1. The molecule has 0 bridgehead atoms. The zero-order valence-corrected chi connectivity index (χ0v) is 13.1. The minimum atomic E-state index is -4.69. The number of aromatic nitrogens is 3. The van der Waals surface area contributed by atoms with Gasteiger partial charge in [0.1, 0.15) is 11.5 Å². The first-order chi connectivity index (χ1) is 10.8. The van der Waals surface area contributed by atoms with Crippen LogP contribution in [0.4, 0.5) is 23.2 Å². The zero-order chi connectivity index (χ0) is 16.8. The van der Waals surface area contributed by atoms with E-state index in [1.54, 1.807) is 25.3 Å². The number of hydrogen-bond donors (Lipinski definition) is 2. The van der Waals surface area contributed by atoms with Crippen LogP contribution in [0.1, 0.15) is 5.56 Å². The van der Waals surface area contributed by atoms with E-state index in [1.807, 2.05) is 0 Å². The van der Waals surface area contributed by atoms with Gasteiger partial charge in [-0.05, 0) is 24.4 Å². The van der Waals surface area contributed by atoms with Gasteiger partial charge in [-0.2, -0.15) is 9.78 Å². The largest absolute Gasteiger partial charge is 0.505 e. The van der Waals surface area contributed by atoms with E-state index in [9.17, 15) is 17.6 Å². The van der Waals surface area contributed by atoms with Gasteiger partial charge in [-0.15, -0.1) is 13.2 Å². The lowest BCUT2D eigenvalue weighted by Crippen LogP contribution is -2.18. The second-order valence-corrected chi connectivity index (χ2v) is 5.91. The van der Waals surface area contributed by atoms with Crippen LogP contribution in [-0.2, 0) is 6.30 Å². The van der Waals surface area contributed by atoms with Crippen molar-refractivity contribution in [2.45, 2.75) is 18.1 Å². The third kappa shape index (κ3) is 2.86. The van der Waals surface area contributed by atoms with E-state index in [2.05, 4.69) is 14.8 Å². The summed E-state index contributed by atoms with van der Waals surface area (Å²) in [6.07, 6.45) is -2.15. The van der Waals surface area contributed by atoms with Gasteiger partial charge in [0, 0.05) is 11.6 Å². The average molecular weight is 365 g/mol. The van der Waals surface area contributed by atoms with Crippen LogP contribution >= 0.6 is 23.5 Å². The molecular weight excluding hydrogens is 356 g/mol. The summed E-state index contributed by atoms with van der Waals surface area (Å²) >= 11 is 6.66. The first-order valence-electron chi connectivity index (χ1n) is 6.29. The van der Waals surface area contributed by atoms with Crippen molar-refractivity contribution in [1.29, 1.82) is 0 Å². The average Bonchev–Trinajstić information content (AvgIpc) is 3.04. The molecule has 4 nitrogen and oxygen atoms in total. The summed E-state index contributed by atoms with van der Waals surface area (Å²) in [6.45, 7) is 1.64. The van der Waals surface area contributed by atoms with Gasteiger partial charge in [-0.1, -0.05) is 23.7 Å². The third-order valence-electron chi connectivity index (χ3n) is 3.17. The Kier molecular flexibility index (Phi) is 3.93. The first-order valence-corrected chi connectivity index (χ1v) is 7.48. The highest BCUT2D eigenvalue weighted by Gasteiger charge is 2.35. The van der Waals surface area contributed by atoms with Gasteiger partial charge in [0.05, 0.1) is 16.6 Å². The van der Waals surface area contributed by atoms with Crippen LogP contribution in [-0.4, -0.2) is 14.8 Å². The number of nitrogens with zero attached hydrogens (tertiary/aromatic N) is 2. The van der Waals surface area contributed by atoms with Crippen LogP contribution in [0, 0.1) is 12.7 Å². The van der Waals surface area contributed by atoms with Gasteiger partial charge < -0.3 is 9.71 Å². The van der Waals surface area contributed by atoms with Crippen molar-refractivity contribution in [3.8, 4) is 0 Å². The Labute approximate surface area is 136 Å². The Morgan fingerprint density at radius 3 is 2.74 bits per heavy atom. The van der Waals surface area contributed by atoms with Crippen molar-refractivity contribution in [3.63, 3.8) is 0 Å². The van der Waals surface area contributed by atoms with Gasteiger partial charge in [-0.25, -0.2) is 4.39 Å². The number of nitrogens with one attached hydrogen (secondary N) is 2. The van der Waals surface area contributed by atoms with Crippen molar-refractivity contribution >= 4 is 40.1 Å². The predicted molar refractivity (Wildman–Crippen MR) is 81.0 cm³/mol. The maximum Gasteiger partial charge on any atom is 0.505 e. The molecule has 0 aliphatic carbocycles. The molecule has 2 N–H and O–H groups in total. The van der Waals surface area contributed by atoms with Gasteiger partial charge in [0.25, 0.3) is 0 Å². The molecule has 0 unspecified atom stereocenters. The smallest absolute Gasteiger partial charge is 0.358 e. The van der Waals surface area contributed by atoms with Crippen LogP contribution in [0.3, 0.4) is 0 Å². The SMILES string of the molecule is Cc1ccc2c(SNc3cnn(C(F)(F)F)c3Cl)c[nH]c2c1F. The number of hydrogen-bond acceptors (Lipinski definition) is 3. The van der Waals surface area contributed by atoms with Crippen LogP contribution in [0.2, 0.25) is 5.15 Å². The highest BCUT2D eigenvalue weighted by Crippen LogP contribution is 2.35. The third-order valence-corrected chi connectivity index (χ3v) is 4.41. The molecule has 10 heteroatoms. The quantitative estimate of drug-likeness (QED) is 0.504. The van der Waals surface area contributed by atoms with Crippen LogP contribution in [0.5, 0.6) is 0 Å². The van der Waals surface area contributed by atoms with Gasteiger partial charge in [0.2, 0.25) is 0 Å². The minimum Gasteiger partial charge on any atom is -0.358 e. The molecule has 0 spiro atoms. The van der Waals surface area contributed by atoms with E-state index in [-0.39, 0.29) is 16.2 Å². The van der Waals surface area contributed by atoms with E-state index >= 15 is 0 Å². The summed E-state index contributed by atoms with van der Waals surface area (Å²) < 4.78 is 54.2. The Morgan fingerprint density at radius 2 is 2.09 bits per heavy atom. The van der Waals surface area contributed by atoms with E-state index in [0.717, 1.165) is 18.1 Å². The number of rotatable bonds is 3. The molecule has 0 atom stereocenters. The van der Waals surface area contributed by atoms with Crippen LogP contribution in [0.25, 0.3) is 10.9 Å². The van der Waals surface area contributed by atoms with Crippen molar-refractivity contribution < 1.29 is 17.6 Å². The summed E-state index contributed by atoms with van der Waals surface area (Å²) in [7, 11) is 0. The number of aryl methyl sites for hydroxylation is 1. The number of aromatic amines is 1. The second-order valence-electron chi connectivity index (χ2n) is 4.70. The van der Waals surface area contributed by atoms with Crippen LogP contribution < -0.4 is 4.72 Å². The molecule has 23 heavy (non-hydrogen) atoms. The Balaban J connectivity index is 1.85. The highest BCUT2D eigenvalue weighted by molar-refractivity contribution is 8.00. The maximum atomic E-state index is 14.0. The van der Waals surface area contributed by atoms with Crippen molar-refractivity contribution in [1.82, 2.24) is 14.8 Å². The van der Waals surface area contributed by atoms with E-state index < -0.39 is 11.5 Å². The molecule has 0 saturated carbocycles. The summed E-state index contributed by atoms with van der Waals surface area (Å²) in [5.41, 5.74) is 0.848. The molecule has 2 aromatic heterocycles. The fraction of sp³-hybridized carbons (Fsp3) is 0.154. The lowest BCUT2D eigenvalue weighted by Gasteiger charge is -2.07. The molecule has 0 fully saturated rings. The Hall–Kier alpha value is -1.87. The summed E-state index contributed by atoms with van der Waals surface area (Å²) in [6, 6.07) is 3.36. The molecule has 0 radical (unpaired) electrons. The maximum absolute atomic E-state index is 14.0. The fourth-order valence-corrected chi connectivity index (χ4v) is 3.07. The molecule has 3 aromatic rings. The molecule has 0 aliphatic rings. The molecular formula is C13H9ClF4N4S. The lowest BCUT2D eigenvalue weighted by atomic mass is 10.2. The van der Waals surface area contributed by atoms with Gasteiger partial charge in [-0.3, -0.25) is 0 Å². The Bertz CT molecular complexity index is 871. The molecule has 0 aliphatic heterocycles. The number of anilines is 1. The van der Waals surface area contributed by atoms with Crippen molar-refractivity contribution in [2.75, 3.05) is 4.72 Å². The molecule has 0 amide bonds. The normalized spacial score (nSPS) is 12.1. The van der Waals surface area contributed by atoms with Crippen molar-refractivity contribution in [2.24, 2.45) is 0 Å². The summed E-state index contributed by atoms with van der Waals surface area (Å²) in [5, 5.41) is 3.23. The van der Waals surface area contributed by atoms with E-state index in [0.29, 0.717) is 21.4 Å². The number of H-pyrrole nitrogens is 1. The van der Waals surface area contributed by atoms with Crippen LogP contribution in [0.15, 0.2) is 29.4 Å². The van der Waals surface area contributed by atoms with Gasteiger partial charge in [0.15, 0.2) is 5.15 Å². The summed E-state index contributed by atoms with van der Waals surface area (Å²) in [4.78, 5) is 3.43. The minimum absolute atomic E-state index is 0.0101. The van der Waals surface area contributed by atoms with E-state index in [1.165, 1.54) is 0 Å². The molecule has 3 rings (SSSR count). The predicted octanol–water partition coefficient (Wildman–Crippen LogP) is 5.06. The number of halogens is 5. The number of alkyl halides is 3.